The SMILES string of the molecule is CCNc1cccc(NCC2(CC)CCC2)n1. The average Bonchev–Trinajstić information content (AvgIpc) is 2.29. The van der Waals surface area contributed by atoms with Crippen LogP contribution in [0.25, 0.3) is 0 Å². The molecule has 94 valence electrons. The number of rotatable bonds is 6. The van der Waals surface area contributed by atoms with Crippen LogP contribution in [0.4, 0.5) is 11.6 Å². The van der Waals surface area contributed by atoms with Crippen LogP contribution in [0.1, 0.15) is 39.5 Å². The molecule has 1 saturated carbocycles. The van der Waals surface area contributed by atoms with Crippen LogP contribution >= 0.6 is 0 Å². The summed E-state index contributed by atoms with van der Waals surface area (Å²) in [6, 6.07) is 6.10. The van der Waals surface area contributed by atoms with Gasteiger partial charge in [-0.05, 0) is 43.7 Å². The van der Waals surface area contributed by atoms with Crippen molar-refractivity contribution >= 4 is 11.6 Å². The highest BCUT2D eigenvalue weighted by Crippen LogP contribution is 2.43. The molecule has 1 heterocycles. The first kappa shape index (κ1) is 12.2. The summed E-state index contributed by atoms with van der Waals surface area (Å²) in [5, 5.41) is 6.72. The Hall–Kier alpha value is -1.25. The summed E-state index contributed by atoms with van der Waals surface area (Å²) in [5.74, 6) is 1.94. The van der Waals surface area contributed by atoms with Crippen molar-refractivity contribution in [2.45, 2.75) is 39.5 Å². The van der Waals surface area contributed by atoms with E-state index in [9.17, 15) is 0 Å². The first-order valence-electron chi connectivity index (χ1n) is 6.73. The number of nitrogens with one attached hydrogen (secondary N) is 2. The maximum absolute atomic E-state index is 4.54. The van der Waals surface area contributed by atoms with Gasteiger partial charge in [0.1, 0.15) is 11.6 Å². The Morgan fingerprint density at radius 1 is 1.18 bits per heavy atom. The van der Waals surface area contributed by atoms with Crippen LogP contribution in [0.15, 0.2) is 18.2 Å². The predicted octanol–water partition coefficient (Wildman–Crippen LogP) is 3.51. The Bertz CT molecular complexity index is 353. The van der Waals surface area contributed by atoms with Gasteiger partial charge in [0.25, 0.3) is 0 Å². The quantitative estimate of drug-likeness (QED) is 0.789. The minimum absolute atomic E-state index is 0.538. The molecule has 0 saturated heterocycles. The van der Waals surface area contributed by atoms with Gasteiger partial charge in [-0.3, -0.25) is 0 Å². The molecule has 0 amide bonds. The molecule has 0 unspecified atom stereocenters. The van der Waals surface area contributed by atoms with Gasteiger partial charge in [0.15, 0.2) is 0 Å². The van der Waals surface area contributed by atoms with E-state index in [-0.39, 0.29) is 0 Å². The van der Waals surface area contributed by atoms with Crippen LogP contribution in [0.5, 0.6) is 0 Å². The van der Waals surface area contributed by atoms with Crippen molar-refractivity contribution in [3.05, 3.63) is 18.2 Å². The lowest BCUT2D eigenvalue weighted by Crippen LogP contribution is -2.36. The number of aromatic nitrogens is 1. The minimum Gasteiger partial charge on any atom is -0.370 e. The van der Waals surface area contributed by atoms with Crippen molar-refractivity contribution in [3.63, 3.8) is 0 Å². The highest BCUT2D eigenvalue weighted by molar-refractivity contribution is 5.45. The molecule has 2 N–H and O–H groups in total. The van der Waals surface area contributed by atoms with Gasteiger partial charge in [-0.15, -0.1) is 0 Å². The van der Waals surface area contributed by atoms with Crippen molar-refractivity contribution < 1.29 is 0 Å². The second-order valence-corrected chi connectivity index (χ2v) is 5.00. The fourth-order valence-electron chi connectivity index (χ4n) is 2.42. The van der Waals surface area contributed by atoms with E-state index in [1.54, 1.807) is 0 Å². The molecule has 1 aliphatic rings. The third-order valence-electron chi connectivity index (χ3n) is 3.92. The maximum Gasteiger partial charge on any atom is 0.128 e. The summed E-state index contributed by atoms with van der Waals surface area (Å²) in [6.07, 6.45) is 5.39. The highest BCUT2D eigenvalue weighted by Gasteiger charge is 2.34. The van der Waals surface area contributed by atoms with E-state index < -0.39 is 0 Å². The van der Waals surface area contributed by atoms with Gasteiger partial charge < -0.3 is 10.6 Å². The number of pyridine rings is 1. The Labute approximate surface area is 104 Å². The van der Waals surface area contributed by atoms with Crippen LogP contribution in [-0.2, 0) is 0 Å². The van der Waals surface area contributed by atoms with Crippen LogP contribution in [0.2, 0.25) is 0 Å². The fourth-order valence-corrected chi connectivity index (χ4v) is 2.42. The van der Waals surface area contributed by atoms with Gasteiger partial charge >= 0.3 is 0 Å². The zero-order valence-corrected chi connectivity index (χ0v) is 10.9. The van der Waals surface area contributed by atoms with E-state index in [4.69, 9.17) is 0 Å². The Kier molecular flexibility index (Phi) is 3.87. The third kappa shape index (κ3) is 2.90. The lowest BCUT2D eigenvalue weighted by Gasteiger charge is -2.41. The zero-order chi connectivity index (χ0) is 12.1. The van der Waals surface area contributed by atoms with E-state index in [2.05, 4.69) is 29.5 Å². The number of nitrogens with zero attached hydrogens (tertiary/aromatic N) is 1. The zero-order valence-electron chi connectivity index (χ0n) is 10.9. The average molecular weight is 233 g/mol. The molecule has 2 rings (SSSR count). The van der Waals surface area contributed by atoms with Crippen LogP contribution in [-0.4, -0.2) is 18.1 Å². The van der Waals surface area contributed by atoms with Crippen molar-refractivity contribution in [1.82, 2.24) is 4.98 Å². The molecule has 0 bridgehead atoms. The first-order valence-corrected chi connectivity index (χ1v) is 6.73. The predicted molar refractivity (Wildman–Crippen MR) is 73.5 cm³/mol. The molecule has 1 aliphatic carbocycles. The molecule has 3 nitrogen and oxygen atoms in total. The van der Waals surface area contributed by atoms with Crippen molar-refractivity contribution in [2.24, 2.45) is 5.41 Å². The molecule has 1 aromatic rings. The third-order valence-corrected chi connectivity index (χ3v) is 3.92. The molecule has 0 aromatic carbocycles. The number of anilines is 2. The molecular formula is C14H23N3. The van der Waals surface area contributed by atoms with Crippen molar-refractivity contribution in [1.29, 1.82) is 0 Å². The second kappa shape index (κ2) is 5.39. The van der Waals surface area contributed by atoms with Crippen LogP contribution < -0.4 is 10.6 Å². The summed E-state index contributed by atoms with van der Waals surface area (Å²) in [5.41, 5.74) is 0.538. The van der Waals surface area contributed by atoms with Gasteiger partial charge in [0.05, 0.1) is 0 Å². The maximum atomic E-state index is 4.54. The molecule has 0 spiro atoms. The van der Waals surface area contributed by atoms with Gasteiger partial charge in [0, 0.05) is 13.1 Å². The highest BCUT2D eigenvalue weighted by atomic mass is 15.1. The summed E-state index contributed by atoms with van der Waals surface area (Å²) < 4.78 is 0. The smallest absolute Gasteiger partial charge is 0.128 e. The Morgan fingerprint density at radius 2 is 1.88 bits per heavy atom. The topological polar surface area (TPSA) is 37.0 Å². The summed E-state index contributed by atoms with van der Waals surface area (Å²) in [7, 11) is 0. The Balaban J connectivity index is 1.92. The number of hydrogen-bond donors (Lipinski definition) is 2. The lowest BCUT2D eigenvalue weighted by molar-refractivity contribution is 0.145. The lowest BCUT2D eigenvalue weighted by atomic mass is 9.67. The molecule has 1 aromatic heterocycles. The van der Waals surface area contributed by atoms with Crippen LogP contribution in [0, 0.1) is 5.41 Å². The largest absolute Gasteiger partial charge is 0.370 e. The standard InChI is InChI=1S/C14H23N3/c1-3-14(9-6-10-14)11-16-13-8-5-7-12(17-13)15-4-2/h5,7-8H,3-4,6,9-11H2,1-2H3,(H2,15,16,17). The molecule has 0 atom stereocenters. The summed E-state index contributed by atoms with van der Waals surface area (Å²) >= 11 is 0. The van der Waals surface area contributed by atoms with Crippen molar-refractivity contribution in [3.8, 4) is 0 Å². The molecule has 0 aliphatic heterocycles. The van der Waals surface area contributed by atoms with E-state index in [1.807, 2.05) is 18.2 Å². The Morgan fingerprint density at radius 3 is 2.41 bits per heavy atom. The van der Waals surface area contributed by atoms with E-state index >= 15 is 0 Å². The van der Waals surface area contributed by atoms with Crippen molar-refractivity contribution in [2.75, 3.05) is 23.7 Å². The number of hydrogen-bond acceptors (Lipinski definition) is 3. The van der Waals surface area contributed by atoms with E-state index in [1.165, 1.54) is 25.7 Å². The fraction of sp³-hybridized carbons (Fsp3) is 0.643. The molecular weight excluding hydrogens is 210 g/mol. The summed E-state index contributed by atoms with van der Waals surface area (Å²) in [6.45, 7) is 6.35. The summed E-state index contributed by atoms with van der Waals surface area (Å²) in [4.78, 5) is 4.54. The van der Waals surface area contributed by atoms with Gasteiger partial charge in [-0.1, -0.05) is 19.4 Å². The monoisotopic (exact) mass is 233 g/mol. The van der Waals surface area contributed by atoms with Gasteiger partial charge in [0.2, 0.25) is 0 Å². The van der Waals surface area contributed by atoms with Crippen LogP contribution in [0.3, 0.4) is 0 Å². The molecule has 17 heavy (non-hydrogen) atoms. The first-order chi connectivity index (χ1) is 8.28. The van der Waals surface area contributed by atoms with Gasteiger partial charge in [-0.2, -0.15) is 0 Å². The molecule has 1 fully saturated rings. The van der Waals surface area contributed by atoms with Gasteiger partial charge in [-0.25, -0.2) is 4.98 Å². The van der Waals surface area contributed by atoms with E-state index in [0.29, 0.717) is 5.41 Å². The van der Waals surface area contributed by atoms with E-state index in [0.717, 1.165) is 24.7 Å². The second-order valence-electron chi connectivity index (χ2n) is 5.00. The molecule has 0 radical (unpaired) electrons. The molecule has 3 heteroatoms. The normalized spacial score (nSPS) is 17.3. The minimum atomic E-state index is 0.538.